The molecule has 0 aromatic heterocycles. The maximum absolute atomic E-state index is 10.5. The monoisotopic (exact) mass is 179 g/mol. The lowest BCUT2D eigenvalue weighted by atomic mass is 10.3. The molecule has 0 saturated carbocycles. The largest absolute Gasteiger partial charge is 0.464 e. The van der Waals surface area contributed by atoms with E-state index in [0.717, 1.165) is 6.42 Å². The fraction of sp³-hybridized carbons (Fsp3) is 0.750. The predicted molar refractivity (Wildman–Crippen MR) is 31.4 cm³/mol. The zero-order chi connectivity index (χ0) is 5.98. The van der Waals surface area contributed by atoms with Gasteiger partial charge in [-0.1, -0.05) is 0 Å². The van der Waals surface area contributed by atoms with Crippen molar-refractivity contribution < 1.29 is 9.53 Å². The lowest BCUT2D eigenvalue weighted by Gasteiger charge is -1.96. The van der Waals surface area contributed by atoms with E-state index in [1.54, 1.807) is 0 Å². The summed E-state index contributed by atoms with van der Waals surface area (Å²) < 4.78 is 7.28. The smallest absolute Gasteiger partial charge is 0.324 e. The van der Waals surface area contributed by atoms with Crippen LogP contribution in [0.3, 0.4) is 0 Å². The highest BCUT2D eigenvalue weighted by Gasteiger charge is 2.24. The fourth-order valence-electron chi connectivity index (χ4n) is 0.595. The summed E-state index contributed by atoms with van der Waals surface area (Å²) in [5, 5.41) is 0. The van der Waals surface area contributed by atoms with Crippen molar-refractivity contribution in [1.29, 1.82) is 0 Å². The van der Waals surface area contributed by atoms with Crippen molar-refractivity contribution in [2.45, 2.75) is 12.5 Å². The number of ether oxygens (including phenoxy) is 1. The van der Waals surface area contributed by atoms with Crippen LogP contribution in [0.15, 0.2) is 0 Å². The second-order valence-corrected chi connectivity index (χ2v) is 2.08. The highest BCUT2D eigenvalue weighted by atomic mass is 79.9. The van der Waals surface area contributed by atoms with Crippen molar-refractivity contribution in [3.05, 3.63) is 0 Å². The van der Waals surface area contributed by atoms with Crippen LogP contribution in [-0.4, -0.2) is 18.6 Å². The van der Waals surface area contributed by atoms with Crippen molar-refractivity contribution in [3.63, 3.8) is 0 Å². The molecule has 0 amide bonds. The average molecular weight is 180 g/mol. The number of hydrogen-bond acceptors (Lipinski definition) is 3. The molecule has 1 aliphatic heterocycles. The number of hydrogen-bond donors (Lipinski definition) is 1. The van der Waals surface area contributed by atoms with Gasteiger partial charge in [0.15, 0.2) is 0 Å². The van der Waals surface area contributed by atoms with Gasteiger partial charge < -0.3 is 4.74 Å². The molecular formula is C4H6BrNO2. The lowest BCUT2D eigenvalue weighted by molar-refractivity contribution is -0.139. The van der Waals surface area contributed by atoms with E-state index in [9.17, 15) is 4.79 Å². The summed E-state index contributed by atoms with van der Waals surface area (Å²) in [6.45, 7) is 0.544. The van der Waals surface area contributed by atoms with E-state index in [-0.39, 0.29) is 12.0 Å². The van der Waals surface area contributed by atoms with E-state index in [2.05, 4.69) is 25.2 Å². The normalized spacial score (nSPS) is 28.1. The highest BCUT2D eigenvalue weighted by molar-refractivity contribution is 9.08. The molecule has 0 spiro atoms. The van der Waals surface area contributed by atoms with Crippen LogP contribution in [0.25, 0.3) is 0 Å². The molecule has 0 radical (unpaired) electrons. The van der Waals surface area contributed by atoms with Gasteiger partial charge in [-0.25, -0.2) is 4.34 Å². The Morgan fingerprint density at radius 3 is 2.88 bits per heavy atom. The van der Waals surface area contributed by atoms with Gasteiger partial charge in [0.25, 0.3) is 0 Å². The topological polar surface area (TPSA) is 38.3 Å². The zero-order valence-electron chi connectivity index (χ0n) is 4.19. The number of esters is 1. The van der Waals surface area contributed by atoms with Gasteiger partial charge in [0.2, 0.25) is 0 Å². The molecule has 1 unspecified atom stereocenters. The minimum atomic E-state index is -0.165. The van der Waals surface area contributed by atoms with Crippen LogP contribution in [0.5, 0.6) is 0 Å². The molecule has 0 aliphatic carbocycles. The maximum atomic E-state index is 10.5. The molecule has 1 N–H and O–H groups in total. The van der Waals surface area contributed by atoms with Gasteiger partial charge in [-0.15, -0.1) is 0 Å². The van der Waals surface area contributed by atoms with Crippen LogP contribution >= 0.6 is 16.1 Å². The molecule has 8 heavy (non-hydrogen) atoms. The van der Waals surface area contributed by atoms with E-state index in [4.69, 9.17) is 0 Å². The molecule has 1 aliphatic rings. The molecule has 1 rings (SSSR count). The van der Waals surface area contributed by atoms with Gasteiger partial charge in [0, 0.05) is 22.6 Å². The summed E-state index contributed by atoms with van der Waals surface area (Å²) in [5.74, 6) is -0.165. The molecule has 0 aromatic rings. The Bertz CT molecular complexity index is 106. The van der Waals surface area contributed by atoms with E-state index in [1.807, 2.05) is 0 Å². The Balaban J connectivity index is 2.42. The third-order valence-electron chi connectivity index (χ3n) is 1.07. The van der Waals surface area contributed by atoms with Gasteiger partial charge in [-0.05, 0) is 0 Å². The van der Waals surface area contributed by atoms with Crippen molar-refractivity contribution in [2.24, 2.45) is 0 Å². The molecule has 1 fully saturated rings. The zero-order valence-corrected chi connectivity index (χ0v) is 5.77. The van der Waals surface area contributed by atoms with Crippen molar-refractivity contribution in [3.8, 4) is 0 Å². The van der Waals surface area contributed by atoms with Crippen molar-refractivity contribution >= 4 is 22.1 Å². The second kappa shape index (κ2) is 2.46. The molecular weight excluding hydrogens is 174 g/mol. The summed E-state index contributed by atoms with van der Waals surface area (Å²) in [6.07, 6.45) is 0.768. The third-order valence-corrected chi connectivity index (χ3v) is 1.62. The third kappa shape index (κ3) is 1.00. The second-order valence-electron chi connectivity index (χ2n) is 1.62. The minimum Gasteiger partial charge on any atom is -0.464 e. The van der Waals surface area contributed by atoms with Gasteiger partial charge in [0.05, 0.1) is 6.61 Å². The first-order valence-corrected chi connectivity index (χ1v) is 3.16. The fourth-order valence-corrected chi connectivity index (χ4v) is 1.01. The number of halogens is 1. The van der Waals surface area contributed by atoms with Gasteiger partial charge in [-0.2, -0.15) is 0 Å². The lowest BCUT2D eigenvalue weighted by Crippen LogP contribution is -2.24. The van der Waals surface area contributed by atoms with Gasteiger partial charge >= 0.3 is 5.97 Å². The van der Waals surface area contributed by atoms with Crippen LogP contribution in [0.1, 0.15) is 6.42 Å². The first-order chi connectivity index (χ1) is 3.84. The summed E-state index contributed by atoms with van der Waals surface area (Å²) in [5.41, 5.74) is 0. The molecule has 0 aromatic carbocycles. The van der Waals surface area contributed by atoms with E-state index in [1.165, 1.54) is 0 Å². The van der Waals surface area contributed by atoms with E-state index >= 15 is 0 Å². The van der Waals surface area contributed by atoms with Crippen molar-refractivity contribution in [2.75, 3.05) is 6.61 Å². The predicted octanol–water partition coefficient (Wildman–Crippen LogP) is 0.201. The summed E-state index contributed by atoms with van der Waals surface area (Å²) in [6, 6.07) is -0.130. The van der Waals surface area contributed by atoms with Crippen LogP contribution in [0.4, 0.5) is 0 Å². The summed E-state index contributed by atoms with van der Waals surface area (Å²) in [7, 11) is 0. The van der Waals surface area contributed by atoms with Crippen LogP contribution in [-0.2, 0) is 9.53 Å². The Labute approximate surface area is 55.7 Å². The van der Waals surface area contributed by atoms with Crippen molar-refractivity contribution in [1.82, 2.24) is 4.34 Å². The summed E-state index contributed by atoms with van der Waals surface area (Å²) >= 11 is 2.97. The van der Waals surface area contributed by atoms with Gasteiger partial charge in [0.1, 0.15) is 6.04 Å². The quantitative estimate of drug-likeness (QED) is 0.462. The Kier molecular flexibility index (Phi) is 1.85. The van der Waals surface area contributed by atoms with Crippen LogP contribution in [0.2, 0.25) is 0 Å². The maximum Gasteiger partial charge on any atom is 0.324 e. The number of carbonyl (C=O) groups excluding carboxylic acids is 1. The Hall–Kier alpha value is -0.0900. The van der Waals surface area contributed by atoms with Crippen LogP contribution in [0, 0.1) is 0 Å². The highest BCUT2D eigenvalue weighted by Crippen LogP contribution is 2.05. The molecule has 0 bridgehead atoms. The average Bonchev–Trinajstić information content (AvgIpc) is 2.14. The number of cyclic esters (lactones) is 1. The molecule has 1 saturated heterocycles. The molecule has 4 heteroatoms. The molecule has 3 nitrogen and oxygen atoms in total. The summed E-state index contributed by atoms with van der Waals surface area (Å²) in [4.78, 5) is 10.5. The first kappa shape index (κ1) is 6.04. The number of carbonyl (C=O) groups is 1. The Morgan fingerprint density at radius 2 is 2.62 bits per heavy atom. The van der Waals surface area contributed by atoms with Crippen LogP contribution < -0.4 is 4.34 Å². The van der Waals surface area contributed by atoms with Gasteiger partial charge in [-0.3, -0.25) is 4.79 Å². The molecule has 1 heterocycles. The molecule has 1 atom stereocenters. The standard InChI is InChI=1S/C4H6BrNO2/c5-6-3-1-2-8-4(3)7/h3,6H,1-2H2. The Morgan fingerprint density at radius 1 is 1.88 bits per heavy atom. The SMILES string of the molecule is O=C1OCCC1NBr. The number of rotatable bonds is 1. The molecule has 46 valence electrons. The van der Waals surface area contributed by atoms with E-state index < -0.39 is 0 Å². The van der Waals surface area contributed by atoms with E-state index in [0.29, 0.717) is 6.61 Å². The minimum absolute atomic E-state index is 0.130. The first-order valence-electron chi connectivity index (χ1n) is 2.37. The number of nitrogens with one attached hydrogen (secondary N) is 1.